The third kappa shape index (κ3) is 2.72. The molecule has 0 atom stereocenters. The number of hydrogen-bond donors (Lipinski definition) is 1. The maximum Gasteiger partial charge on any atom is 0.178 e. The minimum Gasteiger partial charge on any atom is -0.379 e. The predicted molar refractivity (Wildman–Crippen MR) is 75.4 cm³/mol. The number of ether oxygens (including phenoxy) is 1. The van der Waals surface area contributed by atoms with Crippen LogP contribution in [0.15, 0.2) is 12.1 Å². The van der Waals surface area contributed by atoms with E-state index >= 15 is 0 Å². The number of rotatable bonds is 5. The Kier molecular flexibility index (Phi) is 3.41. The van der Waals surface area contributed by atoms with Crippen molar-refractivity contribution in [3.05, 3.63) is 28.3 Å². The lowest BCUT2D eigenvalue weighted by Gasteiger charge is -2.06. The normalized spacial score (nSPS) is 15.3. The second kappa shape index (κ2) is 5.06. The highest BCUT2D eigenvalue weighted by atomic mass is 32.1. The molecule has 3 nitrogen and oxygen atoms in total. The van der Waals surface area contributed by atoms with Crippen LogP contribution in [0.3, 0.4) is 0 Å². The van der Waals surface area contributed by atoms with Crippen molar-refractivity contribution < 1.29 is 9.13 Å². The van der Waals surface area contributed by atoms with Gasteiger partial charge >= 0.3 is 0 Å². The van der Waals surface area contributed by atoms with Crippen molar-refractivity contribution in [2.45, 2.75) is 26.3 Å². The quantitative estimate of drug-likeness (QED) is 0.670. The third-order valence-electron chi connectivity index (χ3n) is 3.56. The molecule has 1 saturated carbocycles. The summed E-state index contributed by atoms with van der Waals surface area (Å²) in [6.45, 7) is 3.97. The summed E-state index contributed by atoms with van der Waals surface area (Å²) in [7, 11) is 0. The first-order chi connectivity index (χ1) is 9.15. The highest BCUT2D eigenvalue weighted by Crippen LogP contribution is 2.28. The molecule has 1 fully saturated rings. The molecule has 0 bridgehead atoms. The number of aromatic nitrogens is 2. The topological polar surface area (TPSA) is 29.9 Å². The van der Waals surface area contributed by atoms with Crippen LogP contribution in [0.2, 0.25) is 0 Å². The molecule has 0 saturated heterocycles. The van der Waals surface area contributed by atoms with Gasteiger partial charge in [0.25, 0.3) is 0 Å². The molecule has 0 radical (unpaired) electrons. The Balaban J connectivity index is 1.78. The van der Waals surface area contributed by atoms with Crippen molar-refractivity contribution in [1.82, 2.24) is 9.55 Å². The molecule has 2 aromatic rings. The lowest BCUT2D eigenvalue weighted by Crippen LogP contribution is -2.07. The molecule has 3 rings (SSSR count). The molecule has 0 unspecified atom stereocenters. The molecule has 0 amide bonds. The molecule has 5 heteroatoms. The number of H-pyrrole nitrogens is 1. The Bertz CT molecular complexity index is 657. The van der Waals surface area contributed by atoms with Crippen LogP contribution < -0.4 is 0 Å². The van der Waals surface area contributed by atoms with E-state index in [2.05, 4.69) is 4.98 Å². The average Bonchev–Trinajstić information content (AvgIpc) is 3.13. The molecule has 1 heterocycles. The minimum atomic E-state index is -0.208. The van der Waals surface area contributed by atoms with Gasteiger partial charge in [-0.1, -0.05) is 0 Å². The molecule has 1 aliphatic rings. The monoisotopic (exact) mass is 280 g/mol. The van der Waals surface area contributed by atoms with Gasteiger partial charge in [0.15, 0.2) is 4.77 Å². The number of halogens is 1. The zero-order chi connectivity index (χ0) is 13.4. The molecule has 102 valence electrons. The maximum atomic E-state index is 13.5. The van der Waals surface area contributed by atoms with Crippen LogP contribution in [0.1, 0.15) is 18.4 Å². The molecule has 1 aliphatic carbocycles. The number of fused-ring (bicyclic) bond motifs is 1. The second-order valence-corrected chi connectivity index (χ2v) is 5.61. The van der Waals surface area contributed by atoms with Gasteiger partial charge in [-0.25, -0.2) is 4.39 Å². The summed E-state index contributed by atoms with van der Waals surface area (Å²) in [4.78, 5) is 3.04. The standard InChI is InChI=1S/C14H17FN2OS/c1-9-6-13-12(7-11(9)15)16-14(19)17(13)4-5-18-8-10-2-3-10/h6-7,10H,2-5,8H2,1H3,(H,16,19). The van der Waals surface area contributed by atoms with Gasteiger partial charge in [0, 0.05) is 13.2 Å². The number of aromatic amines is 1. The van der Waals surface area contributed by atoms with Gasteiger partial charge in [-0.2, -0.15) is 0 Å². The van der Waals surface area contributed by atoms with Gasteiger partial charge in [-0.05, 0) is 55.6 Å². The molecule has 1 N–H and O–H groups in total. The molecule has 0 spiro atoms. The van der Waals surface area contributed by atoms with Crippen molar-refractivity contribution in [1.29, 1.82) is 0 Å². The number of imidazole rings is 1. The van der Waals surface area contributed by atoms with E-state index in [4.69, 9.17) is 17.0 Å². The molecule has 0 aliphatic heterocycles. The van der Waals surface area contributed by atoms with Crippen molar-refractivity contribution in [3.63, 3.8) is 0 Å². The molecular formula is C14H17FN2OS. The molecular weight excluding hydrogens is 263 g/mol. The minimum absolute atomic E-state index is 0.208. The van der Waals surface area contributed by atoms with Crippen LogP contribution in [0.5, 0.6) is 0 Å². The molecule has 1 aromatic heterocycles. The van der Waals surface area contributed by atoms with Crippen LogP contribution in [0, 0.1) is 23.4 Å². The van der Waals surface area contributed by atoms with Gasteiger partial charge in [-0.15, -0.1) is 0 Å². The Morgan fingerprint density at radius 3 is 3.00 bits per heavy atom. The number of aryl methyl sites for hydroxylation is 1. The van der Waals surface area contributed by atoms with Gasteiger partial charge in [0.05, 0.1) is 17.6 Å². The van der Waals surface area contributed by atoms with E-state index in [-0.39, 0.29) is 5.82 Å². The Labute approximate surface area is 116 Å². The largest absolute Gasteiger partial charge is 0.379 e. The fraction of sp³-hybridized carbons (Fsp3) is 0.500. The van der Waals surface area contributed by atoms with Gasteiger partial charge in [0.1, 0.15) is 5.82 Å². The Morgan fingerprint density at radius 2 is 2.26 bits per heavy atom. The zero-order valence-corrected chi connectivity index (χ0v) is 11.7. The summed E-state index contributed by atoms with van der Waals surface area (Å²) < 4.78 is 21.7. The number of benzene rings is 1. The first-order valence-electron chi connectivity index (χ1n) is 6.61. The fourth-order valence-corrected chi connectivity index (χ4v) is 2.49. The Morgan fingerprint density at radius 1 is 1.47 bits per heavy atom. The number of hydrogen-bond acceptors (Lipinski definition) is 2. The second-order valence-electron chi connectivity index (χ2n) is 5.22. The van der Waals surface area contributed by atoms with E-state index in [0.29, 0.717) is 23.5 Å². The smallest absolute Gasteiger partial charge is 0.178 e. The van der Waals surface area contributed by atoms with E-state index in [1.165, 1.54) is 18.9 Å². The van der Waals surface area contributed by atoms with Crippen molar-refractivity contribution in [2.75, 3.05) is 13.2 Å². The van der Waals surface area contributed by atoms with Crippen LogP contribution in [-0.4, -0.2) is 22.8 Å². The SMILES string of the molecule is Cc1cc2c(cc1F)[nH]c(=S)n2CCOCC1CC1. The lowest BCUT2D eigenvalue weighted by molar-refractivity contribution is 0.117. The van der Waals surface area contributed by atoms with Crippen LogP contribution in [0.4, 0.5) is 4.39 Å². The first kappa shape index (κ1) is 12.8. The van der Waals surface area contributed by atoms with Gasteiger partial charge < -0.3 is 14.3 Å². The van der Waals surface area contributed by atoms with Crippen LogP contribution in [0.25, 0.3) is 11.0 Å². The summed E-state index contributed by atoms with van der Waals surface area (Å²) in [5.74, 6) is 0.563. The van der Waals surface area contributed by atoms with E-state index < -0.39 is 0 Å². The third-order valence-corrected chi connectivity index (χ3v) is 3.89. The number of nitrogens with zero attached hydrogens (tertiary/aromatic N) is 1. The highest BCUT2D eigenvalue weighted by Gasteiger charge is 2.21. The predicted octanol–water partition coefficient (Wildman–Crippen LogP) is 3.57. The maximum absolute atomic E-state index is 13.5. The summed E-state index contributed by atoms with van der Waals surface area (Å²) in [5, 5.41) is 0. The van der Waals surface area contributed by atoms with Crippen LogP contribution in [-0.2, 0) is 11.3 Å². The van der Waals surface area contributed by atoms with Crippen molar-refractivity contribution in [2.24, 2.45) is 5.92 Å². The Hall–Kier alpha value is -1.20. The average molecular weight is 280 g/mol. The van der Waals surface area contributed by atoms with Crippen molar-refractivity contribution in [3.8, 4) is 0 Å². The van der Waals surface area contributed by atoms with Gasteiger partial charge in [0.2, 0.25) is 0 Å². The zero-order valence-electron chi connectivity index (χ0n) is 10.9. The summed E-state index contributed by atoms with van der Waals surface area (Å²) >= 11 is 5.28. The summed E-state index contributed by atoms with van der Waals surface area (Å²) in [5.41, 5.74) is 2.32. The first-order valence-corrected chi connectivity index (χ1v) is 7.02. The van der Waals surface area contributed by atoms with Crippen molar-refractivity contribution >= 4 is 23.3 Å². The summed E-state index contributed by atoms with van der Waals surface area (Å²) in [6, 6.07) is 3.33. The molecule has 1 aromatic carbocycles. The molecule has 19 heavy (non-hydrogen) atoms. The van der Waals surface area contributed by atoms with Crippen LogP contribution >= 0.6 is 12.2 Å². The van der Waals surface area contributed by atoms with E-state index in [9.17, 15) is 4.39 Å². The summed E-state index contributed by atoms with van der Waals surface area (Å²) in [6.07, 6.45) is 2.59. The lowest BCUT2D eigenvalue weighted by atomic mass is 10.2. The van der Waals surface area contributed by atoms with Gasteiger partial charge in [-0.3, -0.25) is 0 Å². The highest BCUT2D eigenvalue weighted by molar-refractivity contribution is 7.71. The number of nitrogens with one attached hydrogen (secondary N) is 1. The van der Waals surface area contributed by atoms with E-state index in [0.717, 1.165) is 23.6 Å². The fourth-order valence-electron chi connectivity index (χ4n) is 2.19. The van der Waals surface area contributed by atoms with E-state index in [1.54, 1.807) is 6.92 Å². The van der Waals surface area contributed by atoms with E-state index in [1.807, 2.05) is 10.6 Å².